The molecule has 0 aliphatic carbocycles. The van der Waals surface area contributed by atoms with Gasteiger partial charge in [0.2, 0.25) is 0 Å². The zero-order chi connectivity index (χ0) is 22.2. The normalized spacial score (nSPS) is 13.9. The van der Waals surface area contributed by atoms with Crippen LogP contribution >= 0.6 is 22.7 Å². The van der Waals surface area contributed by atoms with Gasteiger partial charge in [-0.3, -0.25) is 0 Å². The molecule has 0 radical (unpaired) electrons. The van der Waals surface area contributed by atoms with Gasteiger partial charge >= 0.3 is 224 Å². The van der Waals surface area contributed by atoms with E-state index >= 15 is 0 Å². The van der Waals surface area contributed by atoms with E-state index in [1.807, 2.05) is 8.12 Å². The van der Waals surface area contributed by atoms with E-state index in [0.717, 1.165) is 0 Å². The second-order valence-corrected chi connectivity index (χ2v) is 35.6. The maximum atomic E-state index is 2.66. The predicted octanol–water partition coefficient (Wildman–Crippen LogP) is 6.05. The standard InChI is InChI=1S/C24H22S2Se4Si2/c1-31(2,3)15-9-11-17-19-13(27-23(17)25-21(11)29-15)7-8-14-20(19)18-12-10-16(32(4,5)6)30-22(12)26-24(18)28-14/h7-10H,1-6H3. The fraction of sp³-hybridized carbons (Fsp3) is 0.250. The van der Waals surface area contributed by atoms with Crippen molar-refractivity contribution in [3.05, 3.63) is 24.3 Å². The van der Waals surface area contributed by atoms with Gasteiger partial charge in [-0.2, -0.15) is 0 Å². The van der Waals surface area contributed by atoms with Crippen molar-refractivity contribution in [2.45, 2.75) is 39.3 Å². The van der Waals surface area contributed by atoms with Gasteiger partial charge in [-0.1, -0.05) is 0 Å². The van der Waals surface area contributed by atoms with Crippen molar-refractivity contribution in [3.63, 3.8) is 0 Å². The Bertz CT molecular complexity index is 1720. The van der Waals surface area contributed by atoms with Crippen molar-refractivity contribution in [1.82, 2.24) is 0 Å². The Hall–Kier alpha value is 0.612. The fourth-order valence-electron chi connectivity index (χ4n) is 4.53. The molecule has 32 heavy (non-hydrogen) atoms. The third kappa shape index (κ3) is 3.06. The molecule has 0 saturated carbocycles. The first kappa shape index (κ1) is 21.9. The van der Waals surface area contributed by atoms with Crippen LogP contribution in [0.1, 0.15) is 0 Å². The van der Waals surface area contributed by atoms with Gasteiger partial charge < -0.3 is 0 Å². The predicted molar refractivity (Wildman–Crippen MR) is 161 cm³/mol. The molecule has 0 bridgehead atoms. The minimum atomic E-state index is -1.21. The molecule has 0 saturated heterocycles. The second kappa shape index (κ2) is 7.10. The van der Waals surface area contributed by atoms with Gasteiger partial charge in [0.1, 0.15) is 0 Å². The summed E-state index contributed by atoms with van der Waals surface area (Å²) < 4.78 is 13.8. The first-order valence-electron chi connectivity index (χ1n) is 10.8. The van der Waals surface area contributed by atoms with Gasteiger partial charge in [0.05, 0.1) is 0 Å². The van der Waals surface area contributed by atoms with Crippen LogP contribution in [0.4, 0.5) is 0 Å². The number of thiophene rings is 2. The summed E-state index contributed by atoms with van der Waals surface area (Å²) in [6, 6.07) is 10.3. The van der Waals surface area contributed by atoms with Gasteiger partial charge in [-0.25, -0.2) is 0 Å². The molecule has 0 aliphatic heterocycles. The third-order valence-electron chi connectivity index (χ3n) is 6.23. The van der Waals surface area contributed by atoms with Gasteiger partial charge in [-0.05, 0) is 0 Å². The fourth-order valence-corrected chi connectivity index (χ4v) is 27.0. The molecule has 0 atom stereocenters. The molecular weight excluding hydrogens is 724 g/mol. The summed E-state index contributed by atoms with van der Waals surface area (Å²) in [6.07, 6.45) is 0. The Balaban J connectivity index is 1.67. The van der Waals surface area contributed by atoms with Crippen LogP contribution in [0.3, 0.4) is 0 Å². The van der Waals surface area contributed by atoms with Gasteiger partial charge in [-0.15, -0.1) is 0 Å². The number of benzene rings is 1. The topological polar surface area (TPSA) is 0 Å². The Morgan fingerprint density at radius 3 is 1.31 bits per heavy atom. The van der Waals surface area contributed by atoms with Gasteiger partial charge in [0, 0.05) is 0 Å². The molecule has 0 aliphatic rings. The van der Waals surface area contributed by atoms with Crippen LogP contribution in [0.25, 0.3) is 55.1 Å². The van der Waals surface area contributed by atoms with Crippen molar-refractivity contribution in [3.8, 4) is 0 Å². The molecule has 7 aromatic rings. The first-order valence-corrected chi connectivity index (χ1v) is 26.3. The molecule has 0 amide bonds. The first-order chi connectivity index (χ1) is 15.1. The van der Waals surface area contributed by atoms with E-state index in [2.05, 4.69) is 86.2 Å². The molecule has 6 heterocycles. The van der Waals surface area contributed by atoms with Crippen LogP contribution in [-0.4, -0.2) is 74.2 Å². The van der Waals surface area contributed by atoms with Crippen molar-refractivity contribution in [1.29, 1.82) is 0 Å². The Morgan fingerprint density at radius 2 is 0.938 bits per heavy atom. The Labute approximate surface area is 221 Å². The number of hydrogen-bond acceptors (Lipinski definition) is 2. The SMILES string of the molecule is C[Si](C)(C)c1cc2c(sc3[se]c4ccc5[se]c6sc7[se]c([Si](C)(C)C)cc7c6c5c4c32)[se]1. The number of rotatable bonds is 2. The van der Waals surface area contributed by atoms with E-state index in [0.29, 0.717) is 58.0 Å². The van der Waals surface area contributed by atoms with E-state index < -0.39 is 16.1 Å². The molecule has 0 N–H and O–H groups in total. The average Bonchev–Trinajstić information content (AvgIpc) is 3.44. The van der Waals surface area contributed by atoms with Gasteiger partial charge in [0.15, 0.2) is 0 Å². The van der Waals surface area contributed by atoms with E-state index in [1.54, 1.807) is 55.1 Å². The average molecular weight is 747 g/mol. The maximum absolute atomic E-state index is 2.66. The Morgan fingerprint density at radius 1 is 0.531 bits per heavy atom. The summed E-state index contributed by atoms with van der Waals surface area (Å²) in [4.78, 5) is 0. The molecular formula is C24H22S2Se4Si2. The summed E-state index contributed by atoms with van der Waals surface area (Å²) in [5, 5.41) is 9.98. The van der Waals surface area contributed by atoms with E-state index in [4.69, 9.17) is 0 Å². The van der Waals surface area contributed by atoms with Crippen molar-refractivity contribution in [2.24, 2.45) is 0 Å². The minimum absolute atomic E-state index is 0.496. The third-order valence-corrected chi connectivity index (χ3v) is 30.8. The van der Waals surface area contributed by atoms with Crippen molar-refractivity contribution >= 4 is 160 Å². The zero-order valence-electron chi connectivity index (χ0n) is 18.8. The zero-order valence-corrected chi connectivity index (χ0v) is 29.2. The van der Waals surface area contributed by atoms with Crippen molar-refractivity contribution < 1.29 is 0 Å². The molecule has 7 rings (SSSR count). The van der Waals surface area contributed by atoms with Crippen LogP contribution in [0.5, 0.6) is 0 Å². The van der Waals surface area contributed by atoms with Crippen LogP contribution in [0.15, 0.2) is 24.3 Å². The van der Waals surface area contributed by atoms with E-state index in [-0.39, 0.29) is 0 Å². The summed E-state index contributed by atoms with van der Waals surface area (Å²) in [5.41, 5.74) is 0. The monoisotopic (exact) mass is 750 g/mol. The molecule has 0 fully saturated rings. The molecule has 0 spiro atoms. The molecule has 6 aromatic heterocycles. The van der Waals surface area contributed by atoms with Crippen LogP contribution in [-0.2, 0) is 0 Å². The molecule has 1 aromatic carbocycles. The van der Waals surface area contributed by atoms with Crippen molar-refractivity contribution in [2.75, 3.05) is 0 Å². The quantitative estimate of drug-likeness (QED) is 0.189. The van der Waals surface area contributed by atoms with E-state index in [9.17, 15) is 0 Å². The Kier molecular flexibility index (Phi) is 4.85. The number of fused-ring (bicyclic) bond motifs is 11. The van der Waals surface area contributed by atoms with Gasteiger partial charge in [0.25, 0.3) is 0 Å². The summed E-state index contributed by atoms with van der Waals surface area (Å²) in [6.45, 7) is 15.2. The van der Waals surface area contributed by atoms with Crippen LogP contribution in [0, 0.1) is 0 Å². The van der Waals surface area contributed by atoms with E-state index in [1.165, 1.54) is 0 Å². The number of hydrogen-bond donors (Lipinski definition) is 0. The summed E-state index contributed by atoms with van der Waals surface area (Å²) in [5.74, 6) is 0. The van der Waals surface area contributed by atoms with Crippen LogP contribution in [0.2, 0.25) is 39.3 Å². The molecule has 162 valence electrons. The second-order valence-electron chi connectivity index (χ2n) is 10.7. The van der Waals surface area contributed by atoms with Crippen LogP contribution < -0.4 is 8.12 Å². The molecule has 0 unspecified atom stereocenters. The summed E-state index contributed by atoms with van der Waals surface area (Å²) in [7, 11) is -2.43. The summed E-state index contributed by atoms with van der Waals surface area (Å²) >= 11 is 6.51. The molecule has 0 nitrogen and oxygen atoms in total. The molecule has 8 heteroatoms.